The number of nitrogens with one attached hydrogen (secondary N) is 2. The second-order valence-electron chi connectivity index (χ2n) is 6.03. The van der Waals surface area contributed by atoms with E-state index in [4.69, 9.17) is 4.74 Å². The number of piperidine rings is 1. The molecule has 1 fully saturated rings. The lowest BCUT2D eigenvalue weighted by Crippen LogP contribution is -2.50. The van der Waals surface area contributed by atoms with Gasteiger partial charge in [0, 0.05) is 32.4 Å². The van der Waals surface area contributed by atoms with Gasteiger partial charge in [-0.3, -0.25) is 9.59 Å². The molecule has 0 bridgehead atoms. The van der Waals surface area contributed by atoms with Crippen LogP contribution in [0.15, 0.2) is 18.2 Å². The molecule has 124 valence electrons. The van der Waals surface area contributed by atoms with E-state index in [2.05, 4.69) is 15.5 Å². The maximum absolute atomic E-state index is 12.2. The van der Waals surface area contributed by atoms with E-state index in [1.54, 1.807) is 13.2 Å². The molecule has 2 amide bonds. The molecule has 0 aliphatic carbocycles. The van der Waals surface area contributed by atoms with Crippen LogP contribution in [0.1, 0.15) is 36.0 Å². The lowest BCUT2D eigenvalue weighted by atomic mass is 9.97. The summed E-state index contributed by atoms with van der Waals surface area (Å²) >= 11 is 0. The Bertz CT molecular complexity index is 603. The van der Waals surface area contributed by atoms with E-state index in [0.717, 1.165) is 43.6 Å². The summed E-state index contributed by atoms with van der Waals surface area (Å²) in [5.74, 6) is -0.0891. The molecule has 0 saturated carbocycles. The van der Waals surface area contributed by atoms with Crippen molar-refractivity contribution in [2.45, 2.75) is 31.7 Å². The zero-order valence-electron chi connectivity index (χ0n) is 13.4. The number of methoxy groups -OCH3 is 1. The number of nitrogens with zero attached hydrogens (tertiary/aromatic N) is 1. The molecule has 2 heterocycles. The highest BCUT2D eigenvalue weighted by molar-refractivity contribution is 6.05. The van der Waals surface area contributed by atoms with Crippen LogP contribution in [0.4, 0.5) is 11.4 Å². The largest absolute Gasteiger partial charge is 0.385 e. The van der Waals surface area contributed by atoms with Gasteiger partial charge in [-0.1, -0.05) is 0 Å². The molecule has 0 radical (unpaired) electrons. The van der Waals surface area contributed by atoms with Gasteiger partial charge >= 0.3 is 0 Å². The molecule has 1 saturated heterocycles. The van der Waals surface area contributed by atoms with E-state index in [1.807, 2.05) is 12.1 Å². The standard InChI is InChI=1S/C17H23N3O3/c1-23-10-4-8-18-16(21)12-6-7-14-13(11-12)19-17(22)15-5-2-3-9-20(14)15/h6-7,11,15H,2-5,8-10H2,1H3,(H,18,21)(H,19,22)/t15-/m0/s1. The fraction of sp³-hybridized carbons (Fsp3) is 0.529. The Balaban J connectivity index is 1.73. The second kappa shape index (κ2) is 7.00. The van der Waals surface area contributed by atoms with Crippen molar-refractivity contribution in [3.8, 4) is 0 Å². The summed E-state index contributed by atoms with van der Waals surface area (Å²) in [7, 11) is 1.64. The van der Waals surface area contributed by atoms with Crippen LogP contribution in [-0.4, -0.2) is 44.7 Å². The highest BCUT2D eigenvalue weighted by Gasteiger charge is 2.34. The zero-order chi connectivity index (χ0) is 16.2. The van der Waals surface area contributed by atoms with Gasteiger partial charge in [0.05, 0.1) is 11.4 Å². The molecule has 3 rings (SSSR count). The molecule has 23 heavy (non-hydrogen) atoms. The summed E-state index contributed by atoms with van der Waals surface area (Å²) in [6.45, 7) is 2.09. The minimum absolute atomic E-state index is 0.0369. The third-order valence-corrected chi connectivity index (χ3v) is 4.44. The van der Waals surface area contributed by atoms with E-state index in [1.165, 1.54) is 0 Å². The summed E-state index contributed by atoms with van der Waals surface area (Å²) in [6, 6.07) is 5.47. The fourth-order valence-corrected chi connectivity index (χ4v) is 3.26. The first-order valence-corrected chi connectivity index (χ1v) is 8.19. The smallest absolute Gasteiger partial charge is 0.251 e. The predicted octanol–water partition coefficient (Wildman–Crippen LogP) is 1.76. The molecule has 2 aliphatic rings. The van der Waals surface area contributed by atoms with Crippen LogP contribution in [0.3, 0.4) is 0 Å². The fourth-order valence-electron chi connectivity index (χ4n) is 3.26. The monoisotopic (exact) mass is 317 g/mol. The molecule has 1 aromatic carbocycles. The first-order valence-electron chi connectivity index (χ1n) is 8.19. The van der Waals surface area contributed by atoms with Crippen molar-refractivity contribution in [2.24, 2.45) is 0 Å². The van der Waals surface area contributed by atoms with Crippen LogP contribution in [0.5, 0.6) is 0 Å². The molecular weight excluding hydrogens is 294 g/mol. The van der Waals surface area contributed by atoms with Gasteiger partial charge in [0.2, 0.25) is 5.91 Å². The molecule has 1 aromatic rings. The van der Waals surface area contributed by atoms with Gasteiger partial charge in [0.15, 0.2) is 0 Å². The van der Waals surface area contributed by atoms with E-state index in [0.29, 0.717) is 18.7 Å². The topological polar surface area (TPSA) is 70.7 Å². The average Bonchev–Trinajstić information content (AvgIpc) is 2.58. The Morgan fingerprint density at radius 3 is 3.13 bits per heavy atom. The molecule has 0 unspecified atom stereocenters. The average molecular weight is 317 g/mol. The number of amides is 2. The molecule has 0 spiro atoms. The number of carbonyl (C=O) groups is 2. The van der Waals surface area contributed by atoms with Crippen molar-refractivity contribution in [3.05, 3.63) is 23.8 Å². The van der Waals surface area contributed by atoms with Gasteiger partial charge in [-0.2, -0.15) is 0 Å². The van der Waals surface area contributed by atoms with Crippen molar-refractivity contribution in [2.75, 3.05) is 37.0 Å². The van der Waals surface area contributed by atoms with Gasteiger partial charge in [0.1, 0.15) is 6.04 Å². The number of rotatable bonds is 5. The third kappa shape index (κ3) is 3.32. The Labute approximate surface area is 136 Å². The SMILES string of the molecule is COCCCNC(=O)c1ccc2c(c1)NC(=O)[C@@H]1CCCCN21. The number of carbonyl (C=O) groups excluding carboxylic acids is 2. The number of fused-ring (bicyclic) bond motifs is 3. The maximum atomic E-state index is 12.2. The number of hydrogen-bond acceptors (Lipinski definition) is 4. The Morgan fingerprint density at radius 1 is 1.43 bits per heavy atom. The van der Waals surface area contributed by atoms with Crippen LogP contribution in [0, 0.1) is 0 Å². The van der Waals surface area contributed by atoms with Gasteiger partial charge < -0.3 is 20.3 Å². The van der Waals surface area contributed by atoms with Gasteiger partial charge in [-0.05, 0) is 43.9 Å². The molecule has 2 aliphatic heterocycles. The Kier molecular flexibility index (Phi) is 4.81. The minimum Gasteiger partial charge on any atom is -0.385 e. The summed E-state index contributed by atoms with van der Waals surface area (Å²) in [5, 5.41) is 5.81. The Morgan fingerprint density at radius 2 is 2.30 bits per heavy atom. The number of anilines is 2. The normalized spacial score (nSPS) is 19.6. The van der Waals surface area contributed by atoms with Crippen LogP contribution in [0.25, 0.3) is 0 Å². The van der Waals surface area contributed by atoms with E-state index < -0.39 is 0 Å². The van der Waals surface area contributed by atoms with Crippen molar-refractivity contribution in [1.82, 2.24) is 5.32 Å². The predicted molar refractivity (Wildman–Crippen MR) is 88.9 cm³/mol. The van der Waals surface area contributed by atoms with E-state index in [9.17, 15) is 9.59 Å². The second-order valence-corrected chi connectivity index (χ2v) is 6.03. The van der Waals surface area contributed by atoms with Gasteiger partial charge in [-0.15, -0.1) is 0 Å². The van der Waals surface area contributed by atoms with E-state index >= 15 is 0 Å². The van der Waals surface area contributed by atoms with E-state index in [-0.39, 0.29) is 17.9 Å². The first-order chi connectivity index (χ1) is 11.2. The lowest BCUT2D eigenvalue weighted by molar-refractivity contribution is -0.118. The summed E-state index contributed by atoms with van der Waals surface area (Å²) in [6.07, 6.45) is 3.86. The number of hydrogen-bond donors (Lipinski definition) is 2. The van der Waals surface area contributed by atoms with Gasteiger partial charge in [-0.25, -0.2) is 0 Å². The molecule has 0 aromatic heterocycles. The van der Waals surface area contributed by atoms with Crippen molar-refractivity contribution in [3.63, 3.8) is 0 Å². The minimum atomic E-state index is -0.126. The molecule has 6 heteroatoms. The highest BCUT2D eigenvalue weighted by Crippen LogP contribution is 2.36. The van der Waals surface area contributed by atoms with Crippen LogP contribution in [0.2, 0.25) is 0 Å². The van der Waals surface area contributed by atoms with Crippen LogP contribution >= 0.6 is 0 Å². The number of ether oxygens (including phenoxy) is 1. The van der Waals surface area contributed by atoms with Crippen LogP contribution < -0.4 is 15.5 Å². The highest BCUT2D eigenvalue weighted by atomic mass is 16.5. The maximum Gasteiger partial charge on any atom is 0.251 e. The molecule has 6 nitrogen and oxygen atoms in total. The quantitative estimate of drug-likeness (QED) is 0.812. The molecule has 2 N–H and O–H groups in total. The first kappa shape index (κ1) is 15.8. The molecule has 1 atom stereocenters. The summed E-state index contributed by atoms with van der Waals surface area (Å²) in [4.78, 5) is 26.6. The van der Waals surface area contributed by atoms with Gasteiger partial charge in [0.25, 0.3) is 5.91 Å². The number of benzene rings is 1. The van der Waals surface area contributed by atoms with Crippen molar-refractivity contribution >= 4 is 23.2 Å². The zero-order valence-corrected chi connectivity index (χ0v) is 13.4. The Hall–Kier alpha value is -2.08. The third-order valence-electron chi connectivity index (χ3n) is 4.44. The lowest BCUT2D eigenvalue weighted by Gasteiger charge is -2.41. The summed E-state index contributed by atoms with van der Waals surface area (Å²) < 4.78 is 4.96. The van der Waals surface area contributed by atoms with Crippen molar-refractivity contribution in [1.29, 1.82) is 0 Å². The summed E-state index contributed by atoms with van der Waals surface area (Å²) in [5.41, 5.74) is 2.32. The van der Waals surface area contributed by atoms with Crippen LogP contribution in [-0.2, 0) is 9.53 Å². The van der Waals surface area contributed by atoms with Crippen molar-refractivity contribution < 1.29 is 14.3 Å². The molecular formula is C17H23N3O3.